The molecule has 3 N–H and O–H groups in total. The summed E-state index contributed by atoms with van der Waals surface area (Å²) in [5.74, 6) is -0.253. The van der Waals surface area contributed by atoms with E-state index in [1.807, 2.05) is 13.8 Å². The fourth-order valence-electron chi connectivity index (χ4n) is 1.58. The van der Waals surface area contributed by atoms with Gasteiger partial charge in [0.25, 0.3) is 0 Å². The van der Waals surface area contributed by atoms with E-state index in [4.69, 9.17) is 5.73 Å². The van der Waals surface area contributed by atoms with E-state index in [1.54, 1.807) is 19.1 Å². The van der Waals surface area contributed by atoms with E-state index in [0.29, 0.717) is 23.6 Å². The second-order valence-electron chi connectivity index (χ2n) is 4.64. The van der Waals surface area contributed by atoms with Crippen molar-refractivity contribution in [3.8, 4) is 0 Å². The van der Waals surface area contributed by atoms with Crippen LogP contribution in [0.4, 0.5) is 10.1 Å². The molecular formula is C13H20ClFN2O. The number of halogens is 2. The second kappa shape index (κ2) is 7.34. The SMILES string of the molecule is Cc1c(F)cccc1NC(=O)[C@@H](N)CC(C)C.Cl. The minimum absolute atomic E-state index is 0. The van der Waals surface area contributed by atoms with Gasteiger partial charge in [-0.2, -0.15) is 0 Å². The predicted octanol–water partition coefficient (Wildman–Crippen LogP) is 2.87. The predicted molar refractivity (Wildman–Crippen MR) is 74.4 cm³/mol. The van der Waals surface area contributed by atoms with Crippen LogP contribution in [0.25, 0.3) is 0 Å². The number of anilines is 1. The average molecular weight is 275 g/mol. The molecule has 3 nitrogen and oxygen atoms in total. The van der Waals surface area contributed by atoms with E-state index < -0.39 is 6.04 Å². The number of benzene rings is 1. The van der Waals surface area contributed by atoms with Gasteiger partial charge >= 0.3 is 0 Å². The molecule has 1 aromatic rings. The summed E-state index contributed by atoms with van der Waals surface area (Å²) in [5, 5.41) is 2.65. The third kappa shape index (κ3) is 4.63. The Morgan fingerprint density at radius 3 is 2.61 bits per heavy atom. The monoisotopic (exact) mass is 274 g/mol. The Balaban J connectivity index is 0.00000289. The van der Waals surface area contributed by atoms with Crippen LogP contribution in [0.3, 0.4) is 0 Å². The number of hydrogen-bond acceptors (Lipinski definition) is 2. The molecule has 0 radical (unpaired) electrons. The van der Waals surface area contributed by atoms with Gasteiger partial charge in [0, 0.05) is 11.3 Å². The molecule has 5 heteroatoms. The van der Waals surface area contributed by atoms with Crippen LogP contribution in [-0.4, -0.2) is 11.9 Å². The number of hydrogen-bond donors (Lipinski definition) is 2. The molecule has 1 aromatic carbocycles. The van der Waals surface area contributed by atoms with Crippen molar-refractivity contribution in [1.29, 1.82) is 0 Å². The fraction of sp³-hybridized carbons (Fsp3) is 0.462. The molecule has 1 atom stereocenters. The van der Waals surface area contributed by atoms with Crippen LogP contribution in [0.15, 0.2) is 18.2 Å². The van der Waals surface area contributed by atoms with Crippen molar-refractivity contribution >= 4 is 24.0 Å². The minimum atomic E-state index is -0.558. The lowest BCUT2D eigenvalue weighted by atomic mass is 10.0. The zero-order chi connectivity index (χ0) is 13.0. The van der Waals surface area contributed by atoms with E-state index in [1.165, 1.54) is 6.07 Å². The lowest BCUT2D eigenvalue weighted by molar-refractivity contribution is -0.117. The molecule has 0 aromatic heterocycles. The summed E-state index contributed by atoms with van der Waals surface area (Å²) in [6, 6.07) is 4.03. The van der Waals surface area contributed by atoms with E-state index in [9.17, 15) is 9.18 Å². The summed E-state index contributed by atoms with van der Waals surface area (Å²) in [7, 11) is 0. The summed E-state index contributed by atoms with van der Waals surface area (Å²) in [6.45, 7) is 5.63. The normalized spacial score (nSPS) is 11.9. The smallest absolute Gasteiger partial charge is 0.241 e. The molecule has 0 fully saturated rings. The van der Waals surface area contributed by atoms with Crippen LogP contribution < -0.4 is 11.1 Å². The van der Waals surface area contributed by atoms with E-state index in [0.717, 1.165) is 0 Å². The maximum Gasteiger partial charge on any atom is 0.241 e. The first-order chi connectivity index (χ1) is 7.91. The molecule has 0 bridgehead atoms. The number of carbonyl (C=O) groups is 1. The van der Waals surface area contributed by atoms with E-state index in [-0.39, 0.29) is 24.1 Å². The maximum atomic E-state index is 13.3. The summed E-state index contributed by atoms with van der Waals surface area (Å²) in [6.07, 6.45) is 0.611. The van der Waals surface area contributed by atoms with E-state index >= 15 is 0 Å². The van der Waals surface area contributed by atoms with E-state index in [2.05, 4.69) is 5.32 Å². The highest BCUT2D eigenvalue weighted by Gasteiger charge is 2.16. The fourth-order valence-corrected chi connectivity index (χ4v) is 1.58. The molecule has 0 aliphatic heterocycles. The Bertz CT molecular complexity index is 410. The molecule has 0 spiro atoms. The van der Waals surface area contributed by atoms with Crippen molar-refractivity contribution < 1.29 is 9.18 Å². The first-order valence-electron chi connectivity index (χ1n) is 5.73. The summed E-state index contributed by atoms with van der Waals surface area (Å²) in [5.41, 5.74) is 6.66. The topological polar surface area (TPSA) is 55.1 Å². The number of rotatable bonds is 4. The van der Waals surface area contributed by atoms with Crippen molar-refractivity contribution in [2.24, 2.45) is 11.7 Å². The first kappa shape index (κ1) is 16.9. The molecule has 0 unspecified atom stereocenters. The number of carbonyl (C=O) groups excluding carboxylic acids is 1. The lowest BCUT2D eigenvalue weighted by Crippen LogP contribution is -2.36. The van der Waals surface area contributed by atoms with Crippen LogP contribution in [0.5, 0.6) is 0 Å². The van der Waals surface area contributed by atoms with Crippen LogP contribution >= 0.6 is 12.4 Å². The molecule has 1 amide bonds. The van der Waals surface area contributed by atoms with Gasteiger partial charge in [-0.05, 0) is 31.4 Å². The Kier molecular flexibility index (Phi) is 6.88. The van der Waals surface area contributed by atoms with Gasteiger partial charge in [0.15, 0.2) is 0 Å². The molecule has 102 valence electrons. The molecule has 0 saturated carbocycles. The second-order valence-corrected chi connectivity index (χ2v) is 4.64. The zero-order valence-corrected chi connectivity index (χ0v) is 11.7. The van der Waals surface area contributed by atoms with Gasteiger partial charge in [0.05, 0.1) is 6.04 Å². The molecule has 1 rings (SSSR count). The highest BCUT2D eigenvalue weighted by atomic mass is 35.5. The summed E-state index contributed by atoms with van der Waals surface area (Å²) in [4.78, 5) is 11.8. The Labute approximate surface area is 113 Å². The molecule has 0 saturated heterocycles. The summed E-state index contributed by atoms with van der Waals surface area (Å²) >= 11 is 0. The van der Waals surface area contributed by atoms with Gasteiger partial charge in [0.1, 0.15) is 5.82 Å². The Morgan fingerprint density at radius 2 is 2.06 bits per heavy atom. The standard InChI is InChI=1S/C13H19FN2O.ClH/c1-8(2)7-11(15)13(17)16-12-6-4-5-10(14)9(12)3;/h4-6,8,11H,7,15H2,1-3H3,(H,16,17);1H/t11-;/m0./s1. The van der Waals surface area contributed by atoms with Crippen LogP contribution in [0.2, 0.25) is 0 Å². The summed E-state index contributed by atoms with van der Waals surface area (Å²) < 4.78 is 13.3. The minimum Gasteiger partial charge on any atom is -0.324 e. The third-order valence-corrected chi connectivity index (χ3v) is 2.59. The zero-order valence-electron chi connectivity index (χ0n) is 10.9. The van der Waals surface area contributed by atoms with Crippen molar-refractivity contribution in [1.82, 2.24) is 0 Å². The molecule has 0 heterocycles. The average Bonchev–Trinajstić information content (AvgIpc) is 2.23. The highest BCUT2D eigenvalue weighted by molar-refractivity contribution is 5.95. The largest absolute Gasteiger partial charge is 0.324 e. The number of nitrogens with one attached hydrogen (secondary N) is 1. The van der Waals surface area contributed by atoms with Gasteiger partial charge in [0.2, 0.25) is 5.91 Å². The van der Waals surface area contributed by atoms with Crippen LogP contribution in [0, 0.1) is 18.7 Å². The number of amides is 1. The molecule has 0 aliphatic carbocycles. The molecule has 0 aliphatic rings. The lowest BCUT2D eigenvalue weighted by Gasteiger charge is -2.15. The van der Waals surface area contributed by atoms with Crippen molar-refractivity contribution in [3.05, 3.63) is 29.6 Å². The van der Waals surface area contributed by atoms with Gasteiger partial charge in [-0.25, -0.2) is 4.39 Å². The van der Waals surface area contributed by atoms with Gasteiger partial charge in [-0.3, -0.25) is 4.79 Å². The molecular weight excluding hydrogens is 255 g/mol. The quantitative estimate of drug-likeness (QED) is 0.887. The molecule has 18 heavy (non-hydrogen) atoms. The third-order valence-electron chi connectivity index (χ3n) is 2.59. The Hall–Kier alpha value is -1.13. The first-order valence-corrected chi connectivity index (χ1v) is 5.73. The maximum absolute atomic E-state index is 13.3. The van der Waals surface area contributed by atoms with Crippen LogP contribution in [0.1, 0.15) is 25.8 Å². The number of nitrogens with two attached hydrogens (primary N) is 1. The van der Waals surface area contributed by atoms with Crippen molar-refractivity contribution in [2.45, 2.75) is 33.2 Å². The van der Waals surface area contributed by atoms with Gasteiger partial charge in [-0.1, -0.05) is 19.9 Å². The Morgan fingerprint density at radius 1 is 1.44 bits per heavy atom. The van der Waals surface area contributed by atoms with Gasteiger partial charge < -0.3 is 11.1 Å². The van der Waals surface area contributed by atoms with Crippen molar-refractivity contribution in [2.75, 3.05) is 5.32 Å². The van der Waals surface area contributed by atoms with Crippen LogP contribution in [-0.2, 0) is 4.79 Å². The van der Waals surface area contributed by atoms with Gasteiger partial charge in [-0.15, -0.1) is 12.4 Å². The van der Waals surface area contributed by atoms with Crippen molar-refractivity contribution in [3.63, 3.8) is 0 Å². The highest BCUT2D eigenvalue weighted by Crippen LogP contribution is 2.17.